The molecule has 0 atom stereocenters. The minimum atomic E-state index is -2.52. The van der Waals surface area contributed by atoms with Crippen molar-refractivity contribution in [3.05, 3.63) is 59.4 Å². The van der Waals surface area contributed by atoms with Crippen LogP contribution < -0.4 is 5.32 Å². The van der Waals surface area contributed by atoms with Gasteiger partial charge in [0.15, 0.2) is 5.82 Å². The molecule has 4 aromatic rings. The minimum Gasteiger partial charge on any atom is -0.386 e. The fraction of sp³-hybridized carbons (Fsp3) is 0.360. The molecular formula is C25H26F3N5S. The van der Waals surface area contributed by atoms with Crippen molar-refractivity contribution in [2.45, 2.75) is 31.6 Å². The predicted octanol–water partition coefficient (Wildman–Crippen LogP) is 5.99. The van der Waals surface area contributed by atoms with Crippen LogP contribution in [0.15, 0.2) is 48.0 Å². The number of pyridine rings is 1. The number of fused-ring (bicyclic) bond motifs is 1. The van der Waals surface area contributed by atoms with Crippen LogP contribution in [-0.4, -0.2) is 51.4 Å². The summed E-state index contributed by atoms with van der Waals surface area (Å²) in [6, 6.07) is 10.9. The molecule has 178 valence electrons. The van der Waals surface area contributed by atoms with Gasteiger partial charge >= 0.3 is 0 Å². The summed E-state index contributed by atoms with van der Waals surface area (Å²) in [5.74, 6) is -2.05. The number of piperidine rings is 1. The van der Waals surface area contributed by atoms with Crippen molar-refractivity contribution in [1.29, 1.82) is 0 Å². The second kappa shape index (κ2) is 9.38. The first-order valence-electron chi connectivity index (χ1n) is 11.4. The number of likely N-dealkylation sites (tertiary alicyclic amines) is 1. The quantitative estimate of drug-likeness (QED) is 0.349. The predicted molar refractivity (Wildman–Crippen MR) is 131 cm³/mol. The van der Waals surface area contributed by atoms with E-state index >= 15 is 0 Å². The summed E-state index contributed by atoms with van der Waals surface area (Å²) in [4.78, 5) is 7.00. The second-order valence-corrected chi connectivity index (χ2v) is 9.36. The molecule has 1 saturated heterocycles. The molecule has 0 saturated carbocycles. The summed E-state index contributed by atoms with van der Waals surface area (Å²) in [6.07, 6.45) is 3.64. The third-order valence-corrected chi connectivity index (χ3v) is 7.00. The number of aryl methyl sites for hydroxylation is 1. The van der Waals surface area contributed by atoms with E-state index in [0.717, 1.165) is 41.8 Å². The third-order valence-electron chi connectivity index (χ3n) is 6.45. The molecule has 3 aromatic heterocycles. The maximum atomic E-state index is 14.3. The Morgan fingerprint density at radius 2 is 1.94 bits per heavy atom. The molecule has 1 N–H and O–H groups in total. The maximum Gasteiger partial charge on any atom is 0.250 e. The molecule has 1 fully saturated rings. The van der Waals surface area contributed by atoms with Crippen molar-refractivity contribution in [1.82, 2.24) is 18.8 Å². The summed E-state index contributed by atoms with van der Waals surface area (Å²) >= 11 is 1.37. The van der Waals surface area contributed by atoms with E-state index in [2.05, 4.69) is 20.8 Å². The van der Waals surface area contributed by atoms with E-state index < -0.39 is 5.92 Å². The maximum absolute atomic E-state index is 14.3. The van der Waals surface area contributed by atoms with Gasteiger partial charge in [-0.1, -0.05) is 6.07 Å². The van der Waals surface area contributed by atoms with Crippen molar-refractivity contribution < 1.29 is 13.2 Å². The van der Waals surface area contributed by atoms with Crippen LogP contribution >= 0.6 is 11.5 Å². The van der Waals surface area contributed by atoms with E-state index in [-0.39, 0.29) is 18.7 Å². The Kier molecular flexibility index (Phi) is 6.31. The largest absolute Gasteiger partial charge is 0.386 e. The van der Waals surface area contributed by atoms with Crippen LogP contribution in [0.5, 0.6) is 0 Å². The van der Waals surface area contributed by atoms with E-state index in [1.165, 1.54) is 17.6 Å². The number of alkyl halides is 2. The number of nitrogens with zero attached hydrogens (tertiary/aromatic N) is 4. The monoisotopic (exact) mass is 485 g/mol. The smallest absolute Gasteiger partial charge is 0.250 e. The molecule has 1 aromatic carbocycles. The molecule has 0 unspecified atom stereocenters. The molecule has 0 bridgehead atoms. The standard InChI is InChI=1S/C25H26F3N5S/c1-29-22-6-4-17(15-20(22)26)21-7-5-19-18(3-2-11-32-12-9-25(27,28)10-13-32)16-33(24(19)30-21)23-8-14-34-31-23/h4-8,14-16,29H,2-3,9-13H2,1H3. The molecule has 9 heteroatoms. The lowest BCUT2D eigenvalue weighted by Crippen LogP contribution is -2.39. The second-order valence-electron chi connectivity index (χ2n) is 8.70. The highest BCUT2D eigenvalue weighted by molar-refractivity contribution is 7.03. The van der Waals surface area contributed by atoms with Gasteiger partial charge in [0.1, 0.15) is 11.5 Å². The van der Waals surface area contributed by atoms with E-state index in [1.54, 1.807) is 13.1 Å². The fourth-order valence-corrected chi connectivity index (χ4v) is 5.01. The van der Waals surface area contributed by atoms with Gasteiger partial charge in [0.25, 0.3) is 5.92 Å². The molecule has 5 nitrogen and oxygen atoms in total. The van der Waals surface area contributed by atoms with Crippen molar-refractivity contribution in [2.24, 2.45) is 0 Å². The molecule has 1 aliphatic heterocycles. The molecule has 0 radical (unpaired) electrons. The Morgan fingerprint density at radius 1 is 1.12 bits per heavy atom. The average molecular weight is 486 g/mol. The zero-order valence-corrected chi connectivity index (χ0v) is 19.7. The van der Waals surface area contributed by atoms with Gasteiger partial charge in [0.2, 0.25) is 0 Å². The molecule has 34 heavy (non-hydrogen) atoms. The summed E-state index contributed by atoms with van der Waals surface area (Å²) in [5.41, 5.74) is 3.74. The van der Waals surface area contributed by atoms with Crippen molar-refractivity contribution in [2.75, 3.05) is 32.0 Å². The summed E-state index contributed by atoms with van der Waals surface area (Å²) in [7, 11) is 1.69. The number of rotatable bonds is 7. The summed E-state index contributed by atoms with van der Waals surface area (Å²) < 4.78 is 47.6. The van der Waals surface area contributed by atoms with Crippen molar-refractivity contribution in [3.63, 3.8) is 0 Å². The Morgan fingerprint density at radius 3 is 2.65 bits per heavy atom. The lowest BCUT2D eigenvalue weighted by atomic mass is 10.0. The lowest BCUT2D eigenvalue weighted by molar-refractivity contribution is -0.0551. The normalized spacial score (nSPS) is 16.2. The first kappa shape index (κ1) is 22.9. The molecule has 5 rings (SSSR count). The Labute approximate surface area is 200 Å². The van der Waals surface area contributed by atoms with Gasteiger partial charge in [-0.25, -0.2) is 18.2 Å². The number of hydrogen-bond acceptors (Lipinski definition) is 5. The van der Waals surface area contributed by atoms with E-state index in [0.29, 0.717) is 30.0 Å². The van der Waals surface area contributed by atoms with E-state index in [9.17, 15) is 13.2 Å². The van der Waals surface area contributed by atoms with Gasteiger partial charge < -0.3 is 10.2 Å². The zero-order valence-electron chi connectivity index (χ0n) is 18.9. The first-order valence-corrected chi connectivity index (χ1v) is 12.3. The molecule has 0 amide bonds. The Balaban J connectivity index is 1.41. The summed E-state index contributed by atoms with van der Waals surface area (Å²) in [6.45, 7) is 1.69. The van der Waals surface area contributed by atoms with Crippen molar-refractivity contribution in [3.8, 4) is 17.1 Å². The fourth-order valence-electron chi connectivity index (χ4n) is 4.51. The van der Waals surface area contributed by atoms with Crippen LogP contribution in [0, 0.1) is 5.82 Å². The van der Waals surface area contributed by atoms with Crippen LogP contribution in [0.1, 0.15) is 24.8 Å². The van der Waals surface area contributed by atoms with Gasteiger partial charge in [-0.05, 0) is 66.8 Å². The SMILES string of the molecule is CNc1ccc(-c2ccc3c(CCCN4CCC(F)(F)CC4)cn(-c4ccsn4)c3n2)cc1F. The molecular weight excluding hydrogens is 459 g/mol. The number of benzene rings is 1. The van der Waals surface area contributed by atoms with Gasteiger partial charge in [-0.2, -0.15) is 4.37 Å². The van der Waals surface area contributed by atoms with Crippen LogP contribution in [0.25, 0.3) is 28.1 Å². The van der Waals surface area contributed by atoms with E-state index in [4.69, 9.17) is 4.98 Å². The van der Waals surface area contributed by atoms with Crippen LogP contribution in [-0.2, 0) is 6.42 Å². The lowest BCUT2D eigenvalue weighted by Gasteiger charge is -2.31. The van der Waals surface area contributed by atoms with Gasteiger partial charge in [-0.3, -0.25) is 4.57 Å². The first-order chi connectivity index (χ1) is 16.4. The zero-order chi connectivity index (χ0) is 23.7. The number of halogens is 3. The van der Waals surface area contributed by atoms with Gasteiger partial charge in [0.05, 0.1) is 11.4 Å². The molecule has 0 spiro atoms. The van der Waals surface area contributed by atoms with Crippen LogP contribution in [0.3, 0.4) is 0 Å². The molecule has 0 aliphatic carbocycles. The average Bonchev–Trinajstić information content (AvgIpc) is 3.48. The Bertz CT molecular complexity index is 1280. The van der Waals surface area contributed by atoms with Crippen LogP contribution in [0.4, 0.5) is 18.9 Å². The highest BCUT2D eigenvalue weighted by atomic mass is 32.1. The van der Waals surface area contributed by atoms with Crippen molar-refractivity contribution >= 4 is 28.3 Å². The Hall–Kier alpha value is -2.91. The summed E-state index contributed by atoms with van der Waals surface area (Å²) in [5, 5.41) is 5.78. The number of hydrogen-bond donors (Lipinski definition) is 1. The third kappa shape index (κ3) is 4.67. The molecule has 4 heterocycles. The highest BCUT2D eigenvalue weighted by Gasteiger charge is 2.33. The number of nitrogens with one attached hydrogen (secondary N) is 1. The van der Waals surface area contributed by atoms with E-state index in [1.807, 2.05) is 34.2 Å². The highest BCUT2D eigenvalue weighted by Crippen LogP contribution is 2.30. The van der Waals surface area contributed by atoms with Gasteiger partial charge in [0, 0.05) is 55.5 Å². The number of aromatic nitrogens is 3. The number of anilines is 1. The van der Waals surface area contributed by atoms with Crippen LogP contribution in [0.2, 0.25) is 0 Å². The molecule has 1 aliphatic rings. The topological polar surface area (TPSA) is 46.0 Å². The minimum absolute atomic E-state index is 0.0568. The van der Waals surface area contributed by atoms with Gasteiger partial charge in [-0.15, -0.1) is 0 Å².